The van der Waals surface area contributed by atoms with E-state index in [0.29, 0.717) is 17.7 Å². The summed E-state index contributed by atoms with van der Waals surface area (Å²) in [5.74, 6) is -0.472. The number of aliphatic carboxylic acids is 1. The first-order valence-electron chi connectivity index (χ1n) is 5.47. The first kappa shape index (κ1) is 14.8. The molecular weight excluding hydrogens is 252 g/mol. The quantitative estimate of drug-likeness (QED) is 0.719. The van der Waals surface area contributed by atoms with Crippen molar-refractivity contribution in [2.24, 2.45) is 0 Å². The fourth-order valence-corrected chi connectivity index (χ4v) is 2.43. The van der Waals surface area contributed by atoms with Gasteiger partial charge in [0.15, 0.2) is 0 Å². The van der Waals surface area contributed by atoms with Crippen LogP contribution in [-0.4, -0.2) is 41.9 Å². The van der Waals surface area contributed by atoms with E-state index in [1.54, 1.807) is 25.3 Å². The van der Waals surface area contributed by atoms with E-state index in [-0.39, 0.29) is 11.2 Å². The van der Waals surface area contributed by atoms with Crippen LogP contribution in [0.4, 0.5) is 0 Å². The zero-order valence-electron chi connectivity index (χ0n) is 10.5. The maximum absolute atomic E-state index is 11.5. The Balaban J connectivity index is 2.99. The Labute approximate surface area is 110 Å². The number of carboxylic acids is 1. The monoisotopic (exact) mass is 269 g/mol. The molecule has 0 heterocycles. The van der Waals surface area contributed by atoms with Crippen molar-refractivity contribution in [1.29, 1.82) is 0 Å². The summed E-state index contributed by atoms with van der Waals surface area (Å²) in [4.78, 5) is 11.5. The number of rotatable bonds is 7. The van der Waals surface area contributed by atoms with Gasteiger partial charge in [0, 0.05) is 12.0 Å². The molecule has 18 heavy (non-hydrogen) atoms. The number of carboxylic acid groups (broad SMARTS) is 1. The summed E-state index contributed by atoms with van der Waals surface area (Å²) < 4.78 is 5.14. The summed E-state index contributed by atoms with van der Waals surface area (Å²) in [6.07, 6.45) is 2.20. The van der Waals surface area contributed by atoms with Crippen molar-refractivity contribution in [3.63, 3.8) is 0 Å². The third kappa shape index (κ3) is 3.16. The lowest BCUT2D eigenvalue weighted by molar-refractivity contribution is -0.145. The first-order chi connectivity index (χ1) is 8.56. The van der Waals surface area contributed by atoms with Crippen LogP contribution in [0.2, 0.25) is 0 Å². The molecule has 0 aromatic heterocycles. The van der Waals surface area contributed by atoms with Crippen LogP contribution >= 0.6 is 0 Å². The minimum Gasteiger partial charge on any atom is -0.480 e. The van der Waals surface area contributed by atoms with Crippen molar-refractivity contribution < 1.29 is 19.2 Å². The molecule has 98 valence electrons. The van der Waals surface area contributed by atoms with Gasteiger partial charge in [-0.1, -0.05) is 18.2 Å². The van der Waals surface area contributed by atoms with Crippen LogP contribution in [0.5, 0.6) is 0 Å². The normalized spacial score (nSPS) is 15.5. The second-order valence-electron chi connectivity index (χ2n) is 3.95. The summed E-state index contributed by atoms with van der Waals surface area (Å²) >= 11 is -0.314. The topological polar surface area (TPSA) is 66.8 Å². The SMILES string of the molecule is CO[S+](C)CCC(CO)(C(=O)O)c1c#cccc1. The zero-order chi connectivity index (χ0) is 13.6. The number of aliphatic hydroxyl groups excluding tert-OH is 1. The van der Waals surface area contributed by atoms with Crippen molar-refractivity contribution in [1.82, 2.24) is 0 Å². The summed E-state index contributed by atoms with van der Waals surface area (Å²) in [5, 5.41) is 19.0. The van der Waals surface area contributed by atoms with Crippen molar-refractivity contribution in [3.05, 3.63) is 35.9 Å². The maximum Gasteiger partial charge on any atom is 0.317 e. The highest BCUT2D eigenvalue weighted by Crippen LogP contribution is 2.27. The molecule has 2 unspecified atom stereocenters. The molecule has 0 aliphatic rings. The van der Waals surface area contributed by atoms with E-state index < -0.39 is 18.0 Å². The molecule has 0 aliphatic carbocycles. The lowest BCUT2D eigenvalue weighted by Gasteiger charge is -2.25. The third-order valence-electron chi connectivity index (χ3n) is 2.94. The zero-order valence-corrected chi connectivity index (χ0v) is 11.3. The summed E-state index contributed by atoms with van der Waals surface area (Å²) in [6, 6.07) is 10.5. The predicted molar refractivity (Wildman–Crippen MR) is 70.3 cm³/mol. The third-order valence-corrected chi connectivity index (χ3v) is 4.29. The molecule has 0 amide bonds. The van der Waals surface area contributed by atoms with Crippen molar-refractivity contribution in [2.45, 2.75) is 11.8 Å². The van der Waals surface area contributed by atoms with Gasteiger partial charge in [-0.25, -0.2) is 0 Å². The van der Waals surface area contributed by atoms with Crippen molar-refractivity contribution in [3.8, 4) is 0 Å². The van der Waals surface area contributed by atoms with Gasteiger partial charge < -0.3 is 10.2 Å². The first-order valence-corrected chi connectivity index (χ1v) is 7.19. The van der Waals surface area contributed by atoms with Gasteiger partial charge in [-0.3, -0.25) is 4.79 Å². The van der Waals surface area contributed by atoms with Crippen LogP contribution in [0, 0.1) is 12.1 Å². The highest BCUT2D eigenvalue weighted by atomic mass is 32.2. The van der Waals surface area contributed by atoms with Gasteiger partial charge in [0.2, 0.25) is 0 Å². The molecule has 0 fully saturated rings. The van der Waals surface area contributed by atoms with Crippen LogP contribution in [0.25, 0.3) is 0 Å². The van der Waals surface area contributed by atoms with Gasteiger partial charge in [0.05, 0.1) is 13.7 Å². The molecule has 0 aliphatic heterocycles. The Hall–Kier alpha value is -1.22. The van der Waals surface area contributed by atoms with Gasteiger partial charge in [0.25, 0.3) is 0 Å². The fourth-order valence-electron chi connectivity index (χ4n) is 1.62. The molecule has 2 N–H and O–H groups in total. The standard InChI is InChI=1S/C13H16O4S/c1-17-18(2)9-8-13(10-14,12(15)16)11-6-4-3-5-7-11/h3-4,6,14H,8-10H2,1-2H3/p+1. The van der Waals surface area contributed by atoms with Crippen molar-refractivity contribution in [2.75, 3.05) is 25.7 Å². The molecule has 2 atom stereocenters. The Morgan fingerprint density at radius 1 is 1.61 bits per heavy atom. The molecule has 0 saturated carbocycles. The fraction of sp³-hybridized carbons (Fsp3) is 0.462. The van der Waals surface area contributed by atoms with Gasteiger partial charge in [-0.05, 0) is 12.1 Å². The average molecular weight is 269 g/mol. The molecule has 1 aromatic carbocycles. The number of aliphatic hydroxyl groups is 1. The van der Waals surface area contributed by atoms with E-state index in [0.717, 1.165) is 0 Å². The van der Waals surface area contributed by atoms with Gasteiger partial charge >= 0.3 is 5.97 Å². The lowest BCUT2D eigenvalue weighted by Crippen LogP contribution is -2.41. The number of hydrogen-bond donors (Lipinski definition) is 2. The average Bonchev–Trinajstić information content (AvgIpc) is 2.40. The van der Waals surface area contributed by atoms with Crippen LogP contribution in [0.3, 0.4) is 0 Å². The van der Waals surface area contributed by atoms with E-state index in [4.69, 9.17) is 4.18 Å². The van der Waals surface area contributed by atoms with E-state index in [9.17, 15) is 15.0 Å². The summed E-state index contributed by atoms with van der Waals surface area (Å²) in [6.45, 7) is -0.461. The minimum absolute atomic E-state index is 0.306. The molecule has 5 heteroatoms. The number of carbonyl (C=O) groups is 1. The van der Waals surface area contributed by atoms with Crippen molar-refractivity contribution >= 4 is 17.1 Å². The predicted octanol–water partition coefficient (Wildman–Crippen LogP) is 0.801. The van der Waals surface area contributed by atoms with Crippen LogP contribution in [-0.2, 0) is 25.6 Å². The van der Waals surface area contributed by atoms with Crippen LogP contribution in [0.1, 0.15) is 12.0 Å². The molecule has 0 saturated heterocycles. The van der Waals surface area contributed by atoms with Gasteiger partial charge in [-0.15, -0.1) is 0 Å². The molecule has 0 spiro atoms. The molecule has 1 rings (SSSR count). The number of hydrogen-bond acceptors (Lipinski definition) is 3. The minimum atomic E-state index is -1.32. The Morgan fingerprint density at radius 3 is 2.78 bits per heavy atom. The highest BCUT2D eigenvalue weighted by Gasteiger charge is 2.42. The van der Waals surface area contributed by atoms with E-state index in [1.807, 2.05) is 6.26 Å². The largest absolute Gasteiger partial charge is 0.480 e. The molecular formula is C13H17O4S+. The van der Waals surface area contributed by atoms with Crippen LogP contribution in [0.15, 0.2) is 18.2 Å². The Bertz CT molecular complexity index is 382. The molecule has 0 radical (unpaired) electrons. The van der Waals surface area contributed by atoms with E-state index >= 15 is 0 Å². The summed E-state index contributed by atoms with van der Waals surface area (Å²) in [7, 11) is 1.59. The van der Waals surface area contributed by atoms with Crippen LogP contribution < -0.4 is 0 Å². The molecule has 0 bridgehead atoms. The highest BCUT2D eigenvalue weighted by molar-refractivity contribution is 7.91. The Kier molecular flexibility index (Phi) is 5.48. The van der Waals surface area contributed by atoms with Gasteiger partial charge in [0.1, 0.15) is 28.6 Å². The molecule has 1 aromatic rings. The van der Waals surface area contributed by atoms with E-state index in [1.165, 1.54) is 0 Å². The summed E-state index contributed by atoms with van der Waals surface area (Å²) in [5.41, 5.74) is -0.870. The second kappa shape index (κ2) is 6.64. The van der Waals surface area contributed by atoms with Gasteiger partial charge in [-0.2, -0.15) is 4.18 Å². The maximum atomic E-state index is 11.5. The second-order valence-corrected chi connectivity index (χ2v) is 5.84. The Morgan fingerprint density at radius 2 is 2.33 bits per heavy atom. The lowest BCUT2D eigenvalue weighted by atomic mass is 9.79. The smallest absolute Gasteiger partial charge is 0.317 e. The van der Waals surface area contributed by atoms with E-state index in [2.05, 4.69) is 12.1 Å². The molecule has 4 nitrogen and oxygen atoms in total.